The van der Waals surface area contributed by atoms with Crippen molar-refractivity contribution >= 4 is 24.2 Å². The Labute approximate surface area is 135 Å². The number of hydrogen-bond donors (Lipinski definition) is 2. The minimum absolute atomic E-state index is 0. The van der Waals surface area contributed by atoms with E-state index in [0.717, 1.165) is 13.1 Å². The van der Waals surface area contributed by atoms with Gasteiger partial charge in [0.05, 0.1) is 11.5 Å². The van der Waals surface area contributed by atoms with Gasteiger partial charge >= 0.3 is 0 Å². The molecule has 3 rings (SSSR count). The summed E-state index contributed by atoms with van der Waals surface area (Å²) in [6.45, 7) is 3.67. The number of para-hydroxylation sites is 1. The number of carbonyl (C=O) groups excluding carboxylic acids is 2. The first-order chi connectivity index (χ1) is 10.2. The minimum Gasteiger partial charge on any atom is -0.507 e. The highest BCUT2D eigenvalue weighted by molar-refractivity contribution is 5.97. The van der Waals surface area contributed by atoms with Gasteiger partial charge in [-0.25, -0.2) is 0 Å². The first kappa shape index (κ1) is 16.6. The topological polar surface area (TPSA) is 72.9 Å². The molecule has 22 heavy (non-hydrogen) atoms. The largest absolute Gasteiger partial charge is 0.507 e. The number of rotatable bonds is 2. The van der Waals surface area contributed by atoms with E-state index in [-0.39, 0.29) is 35.9 Å². The number of carbonyl (C=O) groups is 2. The van der Waals surface area contributed by atoms with E-state index in [9.17, 15) is 14.7 Å². The lowest BCUT2D eigenvalue weighted by Crippen LogP contribution is -2.57. The first-order valence-corrected chi connectivity index (χ1v) is 7.23. The van der Waals surface area contributed by atoms with Gasteiger partial charge in [-0.3, -0.25) is 9.59 Å². The molecule has 7 heteroatoms. The summed E-state index contributed by atoms with van der Waals surface area (Å²) in [7, 11) is 0. The van der Waals surface area contributed by atoms with Crippen LogP contribution in [-0.4, -0.2) is 66.0 Å². The van der Waals surface area contributed by atoms with E-state index in [0.29, 0.717) is 31.7 Å². The van der Waals surface area contributed by atoms with Crippen LogP contribution in [0.2, 0.25) is 0 Å². The van der Waals surface area contributed by atoms with Crippen molar-refractivity contribution in [2.45, 2.75) is 0 Å². The van der Waals surface area contributed by atoms with Crippen molar-refractivity contribution in [2.24, 2.45) is 5.92 Å². The van der Waals surface area contributed by atoms with Gasteiger partial charge < -0.3 is 20.2 Å². The molecule has 0 aromatic heterocycles. The van der Waals surface area contributed by atoms with Crippen LogP contribution >= 0.6 is 12.4 Å². The summed E-state index contributed by atoms with van der Waals surface area (Å²) in [5, 5.41) is 12.8. The molecule has 1 aromatic carbocycles. The number of phenols is 1. The van der Waals surface area contributed by atoms with Crippen molar-refractivity contribution < 1.29 is 14.7 Å². The summed E-state index contributed by atoms with van der Waals surface area (Å²) in [4.78, 5) is 28.0. The summed E-state index contributed by atoms with van der Waals surface area (Å²) in [5.41, 5.74) is 0.320. The number of benzene rings is 1. The molecule has 1 aromatic rings. The summed E-state index contributed by atoms with van der Waals surface area (Å²) in [6, 6.07) is 6.55. The molecule has 2 saturated heterocycles. The molecule has 0 aliphatic carbocycles. The zero-order valence-corrected chi connectivity index (χ0v) is 13.0. The van der Waals surface area contributed by atoms with Crippen molar-refractivity contribution in [3.63, 3.8) is 0 Å². The number of hydrogen-bond acceptors (Lipinski definition) is 4. The van der Waals surface area contributed by atoms with Gasteiger partial charge in [-0.1, -0.05) is 12.1 Å². The fourth-order valence-corrected chi connectivity index (χ4v) is 2.68. The zero-order valence-electron chi connectivity index (χ0n) is 12.2. The molecule has 0 bridgehead atoms. The molecule has 2 aliphatic rings. The molecule has 0 spiro atoms. The summed E-state index contributed by atoms with van der Waals surface area (Å²) >= 11 is 0. The molecular formula is C15H20ClN3O3. The van der Waals surface area contributed by atoms with Crippen molar-refractivity contribution in [2.75, 3.05) is 39.3 Å². The van der Waals surface area contributed by atoms with Gasteiger partial charge in [-0.15, -0.1) is 12.4 Å². The average molecular weight is 326 g/mol. The van der Waals surface area contributed by atoms with Gasteiger partial charge in [0.15, 0.2) is 0 Å². The average Bonchev–Trinajstić information content (AvgIpc) is 2.45. The summed E-state index contributed by atoms with van der Waals surface area (Å²) in [5.74, 6) is 0.112. The molecule has 2 heterocycles. The molecule has 0 unspecified atom stereocenters. The highest BCUT2D eigenvalue weighted by atomic mass is 35.5. The third kappa shape index (κ3) is 3.18. The lowest BCUT2D eigenvalue weighted by atomic mass is 10.0. The lowest BCUT2D eigenvalue weighted by molar-refractivity contribution is -0.138. The number of amides is 2. The van der Waals surface area contributed by atoms with Crippen LogP contribution in [0.3, 0.4) is 0 Å². The van der Waals surface area contributed by atoms with Crippen LogP contribution in [0, 0.1) is 5.92 Å². The first-order valence-electron chi connectivity index (χ1n) is 7.23. The molecule has 0 atom stereocenters. The van der Waals surface area contributed by atoms with Gasteiger partial charge in [0.1, 0.15) is 5.75 Å². The number of nitrogens with zero attached hydrogens (tertiary/aromatic N) is 2. The third-order valence-corrected chi connectivity index (χ3v) is 4.14. The Morgan fingerprint density at radius 1 is 1.05 bits per heavy atom. The second-order valence-corrected chi connectivity index (χ2v) is 5.49. The Morgan fingerprint density at radius 2 is 1.64 bits per heavy atom. The predicted molar refractivity (Wildman–Crippen MR) is 84.2 cm³/mol. The molecule has 0 saturated carbocycles. The molecule has 2 aliphatic heterocycles. The summed E-state index contributed by atoms with van der Waals surface area (Å²) in [6.07, 6.45) is 0. The Kier molecular flexibility index (Phi) is 5.26. The standard InChI is InChI=1S/C15H19N3O3.ClH/c19-13-4-2-1-3-12(13)15(21)18-7-5-17(6-8-18)14(20)11-9-16-10-11;/h1-4,11,16,19H,5-10H2;1H. The van der Waals surface area contributed by atoms with Gasteiger partial charge in [0, 0.05) is 39.3 Å². The maximum Gasteiger partial charge on any atom is 0.257 e. The monoisotopic (exact) mass is 325 g/mol. The van der Waals surface area contributed by atoms with Crippen LogP contribution in [0.15, 0.2) is 24.3 Å². The number of piperazine rings is 1. The second-order valence-electron chi connectivity index (χ2n) is 5.49. The highest BCUT2D eigenvalue weighted by Gasteiger charge is 2.32. The molecule has 6 nitrogen and oxygen atoms in total. The molecule has 2 N–H and O–H groups in total. The fourth-order valence-electron chi connectivity index (χ4n) is 2.68. The molecular weight excluding hydrogens is 306 g/mol. The minimum atomic E-state index is -0.175. The maximum atomic E-state index is 12.4. The van der Waals surface area contributed by atoms with Gasteiger partial charge in [0.25, 0.3) is 5.91 Å². The molecule has 120 valence electrons. The van der Waals surface area contributed by atoms with Crippen molar-refractivity contribution in [3.8, 4) is 5.75 Å². The van der Waals surface area contributed by atoms with E-state index >= 15 is 0 Å². The molecule has 2 fully saturated rings. The van der Waals surface area contributed by atoms with Crippen molar-refractivity contribution in [1.82, 2.24) is 15.1 Å². The van der Waals surface area contributed by atoms with Crippen LogP contribution in [0.25, 0.3) is 0 Å². The van der Waals surface area contributed by atoms with Crippen LogP contribution in [0.1, 0.15) is 10.4 Å². The second kappa shape index (κ2) is 6.98. The van der Waals surface area contributed by atoms with E-state index < -0.39 is 0 Å². The van der Waals surface area contributed by atoms with Crippen molar-refractivity contribution in [3.05, 3.63) is 29.8 Å². The van der Waals surface area contributed by atoms with Crippen LogP contribution in [-0.2, 0) is 4.79 Å². The van der Waals surface area contributed by atoms with E-state index in [2.05, 4.69) is 5.32 Å². The van der Waals surface area contributed by atoms with E-state index in [1.807, 2.05) is 4.90 Å². The van der Waals surface area contributed by atoms with Gasteiger partial charge in [-0.05, 0) is 12.1 Å². The van der Waals surface area contributed by atoms with E-state index in [1.54, 1.807) is 23.1 Å². The summed E-state index contributed by atoms with van der Waals surface area (Å²) < 4.78 is 0. The number of phenolic OH excluding ortho intramolecular Hbond substituents is 1. The zero-order chi connectivity index (χ0) is 14.8. The highest BCUT2D eigenvalue weighted by Crippen LogP contribution is 2.19. The fraction of sp³-hybridized carbons (Fsp3) is 0.467. The van der Waals surface area contributed by atoms with E-state index in [1.165, 1.54) is 6.07 Å². The van der Waals surface area contributed by atoms with Gasteiger partial charge in [-0.2, -0.15) is 0 Å². The van der Waals surface area contributed by atoms with Crippen molar-refractivity contribution in [1.29, 1.82) is 0 Å². The Balaban J connectivity index is 0.00000176. The lowest BCUT2D eigenvalue weighted by Gasteiger charge is -2.38. The number of halogens is 1. The van der Waals surface area contributed by atoms with Crippen LogP contribution < -0.4 is 5.32 Å². The Bertz CT molecular complexity index is 555. The molecule has 0 radical (unpaired) electrons. The SMILES string of the molecule is Cl.O=C(c1ccccc1O)N1CCN(C(=O)C2CNC2)CC1. The smallest absolute Gasteiger partial charge is 0.257 e. The number of aromatic hydroxyl groups is 1. The molecule has 2 amide bonds. The van der Waals surface area contributed by atoms with Crippen LogP contribution in [0.5, 0.6) is 5.75 Å². The maximum absolute atomic E-state index is 12.4. The van der Waals surface area contributed by atoms with E-state index in [4.69, 9.17) is 0 Å². The normalized spacial score (nSPS) is 18.4. The van der Waals surface area contributed by atoms with Gasteiger partial charge in [0.2, 0.25) is 5.91 Å². The Morgan fingerprint density at radius 3 is 2.18 bits per heavy atom. The van der Waals surface area contributed by atoms with Crippen LogP contribution in [0.4, 0.5) is 0 Å². The number of nitrogens with one attached hydrogen (secondary N) is 1. The third-order valence-electron chi connectivity index (χ3n) is 4.14. The predicted octanol–water partition coefficient (Wildman–Crippen LogP) is 0.318. The Hall–Kier alpha value is -1.79. The quantitative estimate of drug-likeness (QED) is 0.821.